The highest BCUT2D eigenvalue weighted by molar-refractivity contribution is 6.03. The number of hydrogen-bond acceptors (Lipinski definition) is 6. The summed E-state index contributed by atoms with van der Waals surface area (Å²) in [4.78, 5) is 12.3. The molecule has 1 atom stereocenters. The summed E-state index contributed by atoms with van der Waals surface area (Å²) in [6.07, 6.45) is -0.771. The molecule has 6 heteroatoms. The molecule has 6 nitrogen and oxygen atoms in total. The summed E-state index contributed by atoms with van der Waals surface area (Å²) in [5.74, 6) is -1.03. The molecule has 2 aromatic rings. The first kappa shape index (κ1) is 14.1. The molecule has 0 unspecified atom stereocenters. The SMILES string of the molecule is Cc1c(O)cc2c(c1O)C(=O)C[C@@H](c1cc(O)cc(O)c1)O2. The number of fused-ring (bicyclic) bond motifs is 1. The Kier molecular flexibility index (Phi) is 3.09. The number of ether oxygens (including phenoxy) is 1. The molecule has 0 fully saturated rings. The Bertz CT molecular complexity index is 760. The van der Waals surface area contributed by atoms with Gasteiger partial charge in [-0.3, -0.25) is 4.79 Å². The average molecular weight is 302 g/mol. The van der Waals surface area contributed by atoms with Crippen molar-refractivity contribution in [2.24, 2.45) is 0 Å². The highest BCUT2D eigenvalue weighted by Gasteiger charge is 2.32. The second-order valence-electron chi connectivity index (χ2n) is 5.26. The molecule has 2 aromatic carbocycles. The zero-order valence-corrected chi connectivity index (χ0v) is 11.7. The Balaban J connectivity index is 2.06. The van der Waals surface area contributed by atoms with Crippen LogP contribution in [0.5, 0.6) is 28.7 Å². The van der Waals surface area contributed by atoms with Gasteiger partial charge in [-0.2, -0.15) is 0 Å². The number of benzene rings is 2. The van der Waals surface area contributed by atoms with E-state index < -0.39 is 6.10 Å². The maximum atomic E-state index is 12.3. The van der Waals surface area contributed by atoms with Gasteiger partial charge in [0.05, 0.1) is 6.42 Å². The topological polar surface area (TPSA) is 107 Å². The zero-order valence-electron chi connectivity index (χ0n) is 11.7. The molecule has 114 valence electrons. The van der Waals surface area contributed by atoms with Crippen LogP contribution in [0.3, 0.4) is 0 Å². The van der Waals surface area contributed by atoms with Crippen LogP contribution >= 0.6 is 0 Å². The van der Waals surface area contributed by atoms with Crippen molar-refractivity contribution in [3.63, 3.8) is 0 Å². The number of carbonyl (C=O) groups excluding carboxylic acids is 1. The molecule has 0 bridgehead atoms. The lowest BCUT2D eigenvalue weighted by atomic mass is 9.94. The van der Waals surface area contributed by atoms with Crippen LogP contribution in [-0.4, -0.2) is 26.2 Å². The van der Waals surface area contributed by atoms with Crippen LogP contribution in [0.15, 0.2) is 24.3 Å². The van der Waals surface area contributed by atoms with Gasteiger partial charge >= 0.3 is 0 Å². The summed E-state index contributed by atoms with van der Waals surface area (Å²) in [6.45, 7) is 1.50. The van der Waals surface area contributed by atoms with E-state index in [9.17, 15) is 25.2 Å². The standard InChI is InChI=1S/C16H14O6/c1-7-11(19)5-14-15(16(7)21)12(20)6-13(22-14)8-2-9(17)4-10(18)3-8/h2-5,13,17-19,21H,6H2,1H3/t13-/m0/s1. The van der Waals surface area contributed by atoms with Gasteiger partial charge in [0.15, 0.2) is 5.78 Å². The number of hydrogen-bond donors (Lipinski definition) is 4. The number of phenols is 4. The molecule has 1 aliphatic heterocycles. The van der Waals surface area contributed by atoms with Crippen molar-refractivity contribution in [1.82, 2.24) is 0 Å². The largest absolute Gasteiger partial charge is 0.508 e. The summed E-state index contributed by atoms with van der Waals surface area (Å²) in [5.41, 5.74) is 0.677. The average Bonchev–Trinajstić information content (AvgIpc) is 2.43. The summed E-state index contributed by atoms with van der Waals surface area (Å²) in [7, 11) is 0. The minimum atomic E-state index is -0.723. The first-order valence-corrected chi connectivity index (χ1v) is 6.65. The quantitative estimate of drug-likeness (QED) is 0.645. The van der Waals surface area contributed by atoms with Gasteiger partial charge < -0.3 is 25.2 Å². The van der Waals surface area contributed by atoms with E-state index in [1.165, 1.54) is 31.2 Å². The molecular formula is C16H14O6. The minimum Gasteiger partial charge on any atom is -0.508 e. The van der Waals surface area contributed by atoms with E-state index in [-0.39, 0.29) is 52.1 Å². The Labute approximate surface area is 125 Å². The lowest BCUT2D eigenvalue weighted by molar-refractivity contribution is 0.0843. The van der Waals surface area contributed by atoms with Gasteiger partial charge in [-0.1, -0.05) is 0 Å². The third-order valence-electron chi connectivity index (χ3n) is 3.71. The highest BCUT2D eigenvalue weighted by atomic mass is 16.5. The fourth-order valence-corrected chi connectivity index (χ4v) is 2.55. The number of rotatable bonds is 1. The Hall–Kier alpha value is -2.89. The molecule has 0 spiro atoms. The van der Waals surface area contributed by atoms with Crippen LogP contribution in [0.1, 0.15) is 34.0 Å². The van der Waals surface area contributed by atoms with Gasteiger partial charge in [-0.25, -0.2) is 0 Å². The van der Waals surface area contributed by atoms with Gasteiger partial charge in [-0.05, 0) is 19.1 Å². The Morgan fingerprint density at radius 2 is 1.68 bits per heavy atom. The number of ketones is 1. The molecule has 1 heterocycles. The smallest absolute Gasteiger partial charge is 0.174 e. The number of aromatic hydroxyl groups is 4. The van der Waals surface area contributed by atoms with Crippen molar-refractivity contribution in [1.29, 1.82) is 0 Å². The van der Waals surface area contributed by atoms with Crippen molar-refractivity contribution in [2.45, 2.75) is 19.4 Å². The van der Waals surface area contributed by atoms with Crippen LogP contribution in [0.25, 0.3) is 0 Å². The first-order chi connectivity index (χ1) is 10.4. The molecule has 0 saturated carbocycles. The summed E-state index contributed by atoms with van der Waals surface area (Å²) in [5, 5.41) is 38.8. The van der Waals surface area contributed by atoms with Crippen LogP contribution in [0.2, 0.25) is 0 Å². The van der Waals surface area contributed by atoms with E-state index in [0.717, 1.165) is 0 Å². The van der Waals surface area contributed by atoms with Crippen LogP contribution in [0.4, 0.5) is 0 Å². The van der Waals surface area contributed by atoms with Crippen molar-refractivity contribution >= 4 is 5.78 Å². The van der Waals surface area contributed by atoms with E-state index in [2.05, 4.69) is 0 Å². The van der Waals surface area contributed by atoms with Crippen molar-refractivity contribution in [3.8, 4) is 28.7 Å². The fourth-order valence-electron chi connectivity index (χ4n) is 2.55. The molecule has 22 heavy (non-hydrogen) atoms. The first-order valence-electron chi connectivity index (χ1n) is 6.65. The highest BCUT2D eigenvalue weighted by Crippen LogP contribution is 2.44. The van der Waals surface area contributed by atoms with E-state index in [0.29, 0.717) is 5.56 Å². The summed E-state index contributed by atoms with van der Waals surface area (Å²) < 4.78 is 5.65. The van der Waals surface area contributed by atoms with E-state index >= 15 is 0 Å². The second kappa shape index (κ2) is 4.84. The van der Waals surface area contributed by atoms with Crippen LogP contribution in [0, 0.1) is 6.92 Å². The third-order valence-corrected chi connectivity index (χ3v) is 3.71. The molecule has 0 saturated heterocycles. The molecule has 4 N–H and O–H groups in total. The lowest BCUT2D eigenvalue weighted by Crippen LogP contribution is -2.20. The number of Topliss-reactive ketones (excluding diaryl/α,β-unsaturated/α-hetero) is 1. The van der Waals surface area contributed by atoms with Crippen molar-refractivity contribution in [3.05, 3.63) is 41.0 Å². The van der Waals surface area contributed by atoms with Gasteiger partial charge in [0.1, 0.15) is 40.4 Å². The molecule has 1 aliphatic rings. The van der Waals surface area contributed by atoms with Crippen LogP contribution < -0.4 is 4.74 Å². The van der Waals surface area contributed by atoms with Gasteiger partial charge in [-0.15, -0.1) is 0 Å². The predicted molar refractivity (Wildman–Crippen MR) is 76.6 cm³/mol. The maximum absolute atomic E-state index is 12.3. The van der Waals surface area contributed by atoms with E-state index in [1.807, 2.05) is 0 Å². The van der Waals surface area contributed by atoms with Crippen molar-refractivity contribution in [2.75, 3.05) is 0 Å². The zero-order chi connectivity index (χ0) is 16.0. The Morgan fingerprint density at radius 1 is 1.05 bits per heavy atom. The number of carbonyl (C=O) groups is 1. The monoisotopic (exact) mass is 302 g/mol. The third kappa shape index (κ3) is 2.18. The van der Waals surface area contributed by atoms with Crippen LogP contribution in [-0.2, 0) is 0 Å². The molecule has 0 radical (unpaired) electrons. The van der Waals surface area contributed by atoms with Gasteiger partial charge in [0.25, 0.3) is 0 Å². The van der Waals surface area contributed by atoms with Gasteiger partial charge in [0.2, 0.25) is 0 Å². The van der Waals surface area contributed by atoms with Crippen molar-refractivity contribution < 1.29 is 30.0 Å². The molecule has 3 rings (SSSR count). The summed E-state index contributed by atoms with van der Waals surface area (Å²) in [6, 6.07) is 5.22. The molecule has 0 aromatic heterocycles. The fraction of sp³-hybridized carbons (Fsp3) is 0.188. The van der Waals surface area contributed by atoms with E-state index in [4.69, 9.17) is 4.74 Å². The second-order valence-corrected chi connectivity index (χ2v) is 5.26. The number of phenolic OH excluding ortho intramolecular Hbond substituents is 4. The molecule has 0 aliphatic carbocycles. The normalized spacial score (nSPS) is 17.0. The maximum Gasteiger partial charge on any atom is 0.174 e. The molecule has 0 amide bonds. The lowest BCUT2D eigenvalue weighted by Gasteiger charge is -2.27. The molecular weight excluding hydrogens is 288 g/mol. The van der Waals surface area contributed by atoms with E-state index in [1.54, 1.807) is 0 Å². The minimum absolute atomic E-state index is 0.0379. The predicted octanol–water partition coefficient (Wildman–Crippen LogP) is 2.52. The summed E-state index contributed by atoms with van der Waals surface area (Å²) >= 11 is 0. The Morgan fingerprint density at radius 3 is 2.32 bits per heavy atom. The van der Waals surface area contributed by atoms with Gasteiger partial charge in [0, 0.05) is 23.3 Å².